The van der Waals surface area contributed by atoms with Crippen molar-refractivity contribution in [3.63, 3.8) is 0 Å². The second kappa shape index (κ2) is 3.87. The van der Waals surface area contributed by atoms with Crippen LogP contribution in [0.2, 0.25) is 0 Å². The van der Waals surface area contributed by atoms with Crippen molar-refractivity contribution in [1.29, 1.82) is 0 Å². The fraction of sp³-hybridized carbons (Fsp3) is 0.875. The van der Waals surface area contributed by atoms with E-state index in [1.807, 2.05) is 19.0 Å². The molecule has 0 unspecified atom stereocenters. The van der Waals surface area contributed by atoms with E-state index in [2.05, 4.69) is 4.90 Å². The molecule has 0 radical (unpaired) electrons. The van der Waals surface area contributed by atoms with Crippen molar-refractivity contribution in [3.8, 4) is 0 Å². The number of likely N-dealkylation sites (N-methyl/N-ethyl adjacent to an activating group) is 1. The van der Waals surface area contributed by atoms with Gasteiger partial charge in [-0.2, -0.15) is 0 Å². The van der Waals surface area contributed by atoms with E-state index in [-0.39, 0.29) is 12.5 Å². The van der Waals surface area contributed by atoms with Gasteiger partial charge >= 0.3 is 0 Å². The highest BCUT2D eigenvalue weighted by molar-refractivity contribution is 5.78. The Morgan fingerprint density at radius 3 is 2.75 bits per heavy atom. The maximum absolute atomic E-state index is 11.2. The summed E-state index contributed by atoms with van der Waals surface area (Å²) in [7, 11) is 4.09. The van der Waals surface area contributed by atoms with Gasteiger partial charge in [-0.25, -0.2) is 0 Å². The molecule has 0 aromatic rings. The van der Waals surface area contributed by atoms with Crippen LogP contribution in [0.1, 0.15) is 6.42 Å². The molecule has 0 saturated carbocycles. The van der Waals surface area contributed by atoms with Gasteiger partial charge in [0.15, 0.2) is 0 Å². The molecule has 1 amide bonds. The van der Waals surface area contributed by atoms with Crippen molar-refractivity contribution in [2.75, 3.05) is 33.7 Å². The van der Waals surface area contributed by atoms with Crippen LogP contribution in [0.3, 0.4) is 0 Å². The van der Waals surface area contributed by atoms with Crippen LogP contribution in [-0.2, 0) is 4.79 Å². The zero-order valence-corrected chi connectivity index (χ0v) is 7.79. The molecule has 0 bridgehead atoms. The first-order chi connectivity index (χ1) is 5.65. The second-order valence-electron chi connectivity index (χ2n) is 3.45. The Morgan fingerprint density at radius 1 is 1.67 bits per heavy atom. The molecule has 0 spiro atoms. The summed E-state index contributed by atoms with van der Waals surface area (Å²) in [4.78, 5) is 15.2. The quantitative estimate of drug-likeness (QED) is 0.586. The molecular weight excluding hydrogens is 154 g/mol. The number of likely N-dealkylation sites (tertiary alicyclic amines) is 1. The van der Waals surface area contributed by atoms with E-state index in [1.165, 1.54) is 0 Å². The van der Waals surface area contributed by atoms with Gasteiger partial charge in [-0.1, -0.05) is 0 Å². The number of carbonyl (C=O) groups excluding carboxylic acids is 1. The minimum Gasteiger partial charge on any atom is -0.340 e. The topological polar surface area (TPSA) is 49.6 Å². The van der Waals surface area contributed by atoms with Crippen molar-refractivity contribution >= 4 is 5.91 Å². The maximum Gasteiger partial charge on any atom is 0.236 e. The molecule has 1 atom stereocenters. The summed E-state index contributed by atoms with van der Waals surface area (Å²) in [6, 6.07) is 0.514. The van der Waals surface area contributed by atoms with Crippen molar-refractivity contribution in [2.24, 2.45) is 5.73 Å². The monoisotopic (exact) mass is 171 g/mol. The smallest absolute Gasteiger partial charge is 0.236 e. The fourth-order valence-electron chi connectivity index (χ4n) is 1.52. The number of hydrogen-bond acceptors (Lipinski definition) is 3. The Labute approximate surface area is 73.3 Å². The van der Waals surface area contributed by atoms with Crippen LogP contribution < -0.4 is 5.73 Å². The van der Waals surface area contributed by atoms with Gasteiger partial charge in [0.05, 0.1) is 6.54 Å². The Kier molecular flexibility index (Phi) is 3.05. The number of rotatable bonds is 2. The summed E-state index contributed by atoms with van der Waals surface area (Å²) < 4.78 is 0. The molecule has 1 aliphatic rings. The van der Waals surface area contributed by atoms with Crippen molar-refractivity contribution < 1.29 is 4.79 Å². The summed E-state index contributed by atoms with van der Waals surface area (Å²) in [6.07, 6.45) is 1.07. The number of hydrogen-bond donors (Lipinski definition) is 1. The molecule has 1 rings (SSSR count). The minimum absolute atomic E-state index is 0.0688. The van der Waals surface area contributed by atoms with Gasteiger partial charge in [-0.15, -0.1) is 0 Å². The van der Waals surface area contributed by atoms with Gasteiger partial charge in [-0.3, -0.25) is 4.79 Å². The molecule has 0 aromatic carbocycles. The standard InChI is InChI=1S/C8H17N3O/c1-10(2)7-3-4-11(6-7)8(12)5-9/h7H,3-6,9H2,1-2H3/t7-/m1/s1. The molecule has 1 fully saturated rings. The van der Waals surface area contributed by atoms with E-state index in [0.717, 1.165) is 19.5 Å². The largest absolute Gasteiger partial charge is 0.340 e. The van der Waals surface area contributed by atoms with Gasteiger partial charge in [0.1, 0.15) is 0 Å². The summed E-state index contributed by atoms with van der Waals surface area (Å²) in [5.41, 5.74) is 5.27. The van der Waals surface area contributed by atoms with Crippen LogP contribution in [-0.4, -0.2) is 55.5 Å². The lowest BCUT2D eigenvalue weighted by atomic mass is 10.2. The highest BCUT2D eigenvalue weighted by Gasteiger charge is 2.26. The van der Waals surface area contributed by atoms with Crippen molar-refractivity contribution in [1.82, 2.24) is 9.80 Å². The van der Waals surface area contributed by atoms with Gasteiger partial charge < -0.3 is 15.5 Å². The summed E-state index contributed by atoms with van der Waals surface area (Å²) >= 11 is 0. The fourth-order valence-corrected chi connectivity index (χ4v) is 1.52. The van der Waals surface area contributed by atoms with Crippen LogP contribution in [0.15, 0.2) is 0 Å². The van der Waals surface area contributed by atoms with Crippen molar-refractivity contribution in [2.45, 2.75) is 12.5 Å². The highest BCUT2D eigenvalue weighted by Crippen LogP contribution is 2.12. The van der Waals surface area contributed by atoms with Gasteiger partial charge in [0, 0.05) is 19.1 Å². The zero-order chi connectivity index (χ0) is 9.14. The van der Waals surface area contributed by atoms with Crippen LogP contribution in [0.25, 0.3) is 0 Å². The van der Waals surface area contributed by atoms with Crippen LogP contribution in [0.5, 0.6) is 0 Å². The molecular formula is C8H17N3O. The van der Waals surface area contributed by atoms with E-state index in [4.69, 9.17) is 5.73 Å². The minimum atomic E-state index is 0.0688. The third kappa shape index (κ3) is 1.95. The number of nitrogens with zero attached hydrogens (tertiary/aromatic N) is 2. The van der Waals surface area contributed by atoms with Crippen LogP contribution in [0.4, 0.5) is 0 Å². The van der Waals surface area contributed by atoms with E-state index in [9.17, 15) is 4.79 Å². The highest BCUT2D eigenvalue weighted by atomic mass is 16.2. The molecule has 0 aliphatic carbocycles. The first-order valence-electron chi connectivity index (χ1n) is 4.29. The summed E-state index contributed by atoms with van der Waals surface area (Å²) in [5.74, 6) is 0.0688. The zero-order valence-electron chi connectivity index (χ0n) is 7.79. The van der Waals surface area contributed by atoms with Crippen LogP contribution in [0, 0.1) is 0 Å². The Bertz CT molecular complexity index is 170. The molecule has 2 N–H and O–H groups in total. The molecule has 12 heavy (non-hydrogen) atoms. The lowest BCUT2D eigenvalue weighted by molar-refractivity contribution is -0.128. The first kappa shape index (κ1) is 9.48. The molecule has 1 saturated heterocycles. The average molecular weight is 171 g/mol. The van der Waals surface area contributed by atoms with Gasteiger partial charge in [-0.05, 0) is 20.5 Å². The predicted molar refractivity (Wildman–Crippen MR) is 47.7 cm³/mol. The third-order valence-electron chi connectivity index (χ3n) is 2.42. The molecule has 1 aliphatic heterocycles. The van der Waals surface area contributed by atoms with Crippen LogP contribution >= 0.6 is 0 Å². The molecule has 1 heterocycles. The number of nitrogens with two attached hydrogens (primary N) is 1. The number of carbonyl (C=O) groups is 1. The van der Waals surface area contributed by atoms with E-state index in [0.29, 0.717) is 6.04 Å². The van der Waals surface area contributed by atoms with Gasteiger partial charge in [0.25, 0.3) is 0 Å². The second-order valence-corrected chi connectivity index (χ2v) is 3.45. The van der Waals surface area contributed by atoms with E-state index < -0.39 is 0 Å². The normalized spacial score (nSPS) is 23.7. The van der Waals surface area contributed by atoms with Gasteiger partial charge in [0.2, 0.25) is 5.91 Å². The average Bonchev–Trinajstić information content (AvgIpc) is 2.51. The SMILES string of the molecule is CN(C)[C@@H]1CCN(C(=O)CN)C1. The predicted octanol–water partition coefficient (Wildman–Crippen LogP) is -0.892. The Balaban J connectivity index is 2.40. The summed E-state index contributed by atoms with van der Waals surface area (Å²) in [5, 5.41) is 0. The Hall–Kier alpha value is -0.610. The Morgan fingerprint density at radius 2 is 2.33 bits per heavy atom. The first-order valence-corrected chi connectivity index (χ1v) is 4.29. The molecule has 4 nitrogen and oxygen atoms in total. The molecule has 4 heteroatoms. The van der Waals surface area contributed by atoms with E-state index in [1.54, 1.807) is 0 Å². The third-order valence-corrected chi connectivity index (χ3v) is 2.42. The lowest BCUT2D eigenvalue weighted by Gasteiger charge is -2.19. The maximum atomic E-state index is 11.2. The van der Waals surface area contributed by atoms with E-state index >= 15 is 0 Å². The van der Waals surface area contributed by atoms with Crippen molar-refractivity contribution in [3.05, 3.63) is 0 Å². The number of amides is 1. The summed E-state index contributed by atoms with van der Waals surface area (Å²) in [6.45, 7) is 1.84. The molecule has 70 valence electrons. The molecule has 0 aromatic heterocycles. The lowest BCUT2D eigenvalue weighted by Crippen LogP contribution is -2.37.